The van der Waals surface area contributed by atoms with E-state index in [2.05, 4.69) is 54.0 Å². The van der Waals surface area contributed by atoms with Crippen LogP contribution >= 0.6 is 0 Å². The molecule has 0 bridgehead atoms. The summed E-state index contributed by atoms with van der Waals surface area (Å²) >= 11 is 0. The van der Waals surface area contributed by atoms with Gasteiger partial charge >= 0.3 is 0 Å². The summed E-state index contributed by atoms with van der Waals surface area (Å²) in [5.41, 5.74) is 8.57. The zero-order valence-corrected chi connectivity index (χ0v) is 20.1. The third kappa shape index (κ3) is 3.93. The molecule has 172 valence electrons. The number of hydrogen-bond acceptors (Lipinski definition) is 5. The lowest BCUT2D eigenvalue weighted by molar-refractivity contribution is 0.0161. The molecule has 3 aromatic heterocycles. The molecule has 1 aliphatic heterocycles. The van der Waals surface area contributed by atoms with Gasteiger partial charge in [0.1, 0.15) is 11.5 Å². The van der Waals surface area contributed by atoms with E-state index in [0.717, 1.165) is 88.7 Å². The third-order valence-electron chi connectivity index (χ3n) is 7.01. The standard InChI is InChI=1S/C27H31N3O3/c1-17-6-7-20(13-24(17)31-5)22-15-30(16-27(4)8-10-32-11-9-27)23-12-21(14-28-26(22)23)25-18(2)29-33-19(25)3/h6-7,12-15H,8-11,16H2,1-5H3. The van der Waals surface area contributed by atoms with Gasteiger partial charge < -0.3 is 18.6 Å². The predicted molar refractivity (Wildman–Crippen MR) is 130 cm³/mol. The normalized spacial score (nSPS) is 15.8. The fraction of sp³-hybridized carbons (Fsp3) is 0.407. The minimum absolute atomic E-state index is 0.186. The fourth-order valence-corrected chi connectivity index (χ4v) is 4.96. The van der Waals surface area contributed by atoms with Gasteiger partial charge in [-0.3, -0.25) is 4.98 Å². The van der Waals surface area contributed by atoms with Crippen LogP contribution in [0.5, 0.6) is 5.75 Å². The summed E-state index contributed by atoms with van der Waals surface area (Å²) in [6.45, 7) is 10.9. The summed E-state index contributed by atoms with van der Waals surface area (Å²) in [5, 5.41) is 4.14. The highest BCUT2D eigenvalue weighted by Gasteiger charge is 2.29. The number of ether oxygens (including phenoxy) is 2. The number of fused-ring (bicyclic) bond motifs is 1. The van der Waals surface area contributed by atoms with E-state index in [1.807, 2.05) is 20.0 Å². The molecule has 0 spiro atoms. The number of nitrogens with zero attached hydrogens (tertiary/aromatic N) is 3. The molecule has 1 fully saturated rings. The van der Waals surface area contributed by atoms with Crippen LogP contribution < -0.4 is 4.74 Å². The molecule has 4 heterocycles. The van der Waals surface area contributed by atoms with Crippen LogP contribution in [0.2, 0.25) is 0 Å². The summed E-state index contributed by atoms with van der Waals surface area (Å²) in [7, 11) is 1.72. The minimum Gasteiger partial charge on any atom is -0.496 e. The molecule has 6 heteroatoms. The maximum Gasteiger partial charge on any atom is 0.141 e. The lowest BCUT2D eigenvalue weighted by Crippen LogP contribution is -2.30. The van der Waals surface area contributed by atoms with Gasteiger partial charge in [0.2, 0.25) is 0 Å². The van der Waals surface area contributed by atoms with Crippen molar-refractivity contribution in [1.82, 2.24) is 14.7 Å². The van der Waals surface area contributed by atoms with Crippen LogP contribution in [0.25, 0.3) is 33.3 Å². The highest BCUT2D eigenvalue weighted by atomic mass is 16.5. The second kappa shape index (κ2) is 8.34. The third-order valence-corrected chi connectivity index (χ3v) is 7.01. The van der Waals surface area contributed by atoms with Gasteiger partial charge in [0, 0.05) is 48.8 Å². The Morgan fingerprint density at radius 3 is 2.58 bits per heavy atom. The summed E-state index contributed by atoms with van der Waals surface area (Å²) in [6, 6.07) is 8.59. The first-order valence-corrected chi connectivity index (χ1v) is 11.5. The zero-order valence-electron chi connectivity index (χ0n) is 20.1. The average Bonchev–Trinajstić information content (AvgIpc) is 3.33. The largest absolute Gasteiger partial charge is 0.496 e. The van der Waals surface area contributed by atoms with Crippen LogP contribution in [0.3, 0.4) is 0 Å². The second-order valence-corrected chi connectivity index (χ2v) is 9.57. The molecule has 0 amide bonds. The lowest BCUT2D eigenvalue weighted by Gasteiger charge is -2.34. The smallest absolute Gasteiger partial charge is 0.141 e. The van der Waals surface area contributed by atoms with Gasteiger partial charge in [-0.2, -0.15) is 0 Å². The van der Waals surface area contributed by atoms with E-state index in [1.165, 1.54) is 0 Å². The number of rotatable bonds is 5. The topological polar surface area (TPSA) is 62.3 Å². The van der Waals surface area contributed by atoms with E-state index in [9.17, 15) is 0 Å². The molecule has 5 rings (SSSR count). The molecule has 0 N–H and O–H groups in total. The molecule has 0 saturated carbocycles. The second-order valence-electron chi connectivity index (χ2n) is 9.57. The molecular weight excluding hydrogens is 414 g/mol. The average molecular weight is 446 g/mol. The van der Waals surface area contributed by atoms with Crippen molar-refractivity contribution < 1.29 is 14.0 Å². The molecule has 4 aromatic rings. The molecule has 0 aliphatic carbocycles. The number of aryl methyl sites for hydroxylation is 3. The Balaban J connectivity index is 1.68. The van der Waals surface area contributed by atoms with E-state index in [1.54, 1.807) is 7.11 Å². The molecule has 1 aliphatic rings. The summed E-state index contributed by atoms with van der Waals surface area (Å²) in [4.78, 5) is 4.95. The van der Waals surface area contributed by atoms with Gasteiger partial charge in [-0.15, -0.1) is 0 Å². The van der Waals surface area contributed by atoms with Crippen molar-refractivity contribution in [1.29, 1.82) is 0 Å². The van der Waals surface area contributed by atoms with E-state index >= 15 is 0 Å². The van der Waals surface area contributed by atoms with Crippen molar-refractivity contribution in [3.8, 4) is 28.0 Å². The van der Waals surface area contributed by atoms with Crippen LogP contribution in [-0.2, 0) is 11.3 Å². The molecule has 33 heavy (non-hydrogen) atoms. The highest BCUT2D eigenvalue weighted by Crippen LogP contribution is 2.38. The zero-order chi connectivity index (χ0) is 23.2. The molecule has 0 atom stereocenters. The molecule has 1 aromatic carbocycles. The van der Waals surface area contributed by atoms with Crippen molar-refractivity contribution in [3.63, 3.8) is 0 Å². The van der Waals surface area contributed by atoms with E-state index in [0.29, 0.717) is 0 Å². The Kier molecular flexibility index (Phi) is 5.49. The van der Waals surface area contributed by atoms with Crippen LogP contribution in [0, 0.1) is 26.2 Å². The Labute approximate surface area is 194 Å². The number of hydrogen-bond donors (Lipinski definition) is 0. The SMILES string of the molecule is COc1cc(-c2cn(CC3(C)CCOCC3)c3cc(-c4c(C)noc4C)cnc23)ccc1C. The molecule has 1 saturated heterocycles. The van der Waals surface area contributed by atoms with Gasteiger partial charge in [0.25, 0.3) is 0 Å². The van der Waals surface area contributed by atoms with Crippen molar-refractivity contribution >= 4 is 11.0 Å². The van der Waals surface area contributed by atoms with Crippen LogP contribution in [0.15, 0.2) is 41.2 Å². The van der Waals surface area contributed by atoms with E-state index < -0.39 is 0 Å². The molecule has 0 radical (unpaired) electrons. The Morgan fingerprint density at radius 2 is 1.88 bits per heavy atom. The minimum atomic E-state index is 0.186. The summed E-state index contributed by atoms with van der Waals surface area (Å²) in [6.07, 6.45) is 6.29. The lowest BCUT2D eigenvalue weighted by atomic mass is 9.82. The van der Waals surface area contributed by atoms with Gasteiger partial charge in [0.05, 0.1) is 23.8 Å². The number of aromatic nitrogens is 3. The van der Waals surface area contributed by atoms with Crippen LogP contribution in [0.4, 0.5) is 0 Å². The Bertz CT molecular complexity index is 1290. The Hall–Kier alpha value is -3.12. The molecule has 0 unspecified atom stereocenters. The van der Waals surface area contributed by atoms with Gasteiger partial charge in [-0.1, -0.05) is 24.2 Å². The van der Waals surface area contributed by atoms with Gasteiger partial charge in [-0.25, -0.2) is 0 Å². The predicted octanol–water partition coefficient (Wildman–Crippen LogP) is 6.11. The van der Waals surface area contributed by atoms with Crippen LogP contribution in [-0.4, -0.2) is 35.0 Å². The monoisotopic (exact) mass is 445 g/mol. The fourth-order valence-electron chi connectivity index (χ4n) is 4.96. The van der Waals surface area contributed by atoms with E-state index in [-0.39, 0.29) is 5.41 Å². The number of pyridine rings is 1. The quantitative estimate of drug-likeness (QED) is 0.371. The van der Waals surface area contributed by atoms with Crippen molar-refractivity contribution in [2.24, 2.45) is 5.41 Å². The number of methoxy groups -OCH3 is 1. The maximum absolute atomic E-state index is 5.64. The van der Waals surface area contributed by atoms with Crippen molar-refractivity contribution in [3.05, 3.63) is 53.7 Å². The molecular formula is C27H31N3O3. The molecule has 6 nitrogen and oxygen atoms in total. The van der Waals surface area contributed by atoms with E-state index in [4.69, 9.17) is 19.0 Å². The van der Waals surface area contributed by atoms with Gasteiger partial charge in [-0.05, 0) is 62.3 Å². The maximum atomic E-state index is 5.64. The number of benzene rings is 1. The summed E-state index contributed by atoms with van der Waals surface area (Å²) in [5.74, 6) is 1.70. The highest BCUT2D eigenvalue weighted by molar-refractivity contribution is 5.95. The summed E-state index contributed by atoms with van der Waals surface area (Å²) < 4.78 is 19.0. The first-order valence-electron chi connectivity index (χ1n) is 11.5. The van der Waals surface area contributed by atoms with Crippen molar-refractivity contribution in [2.75, 3.05) is 20.3 Å². The van der Waals surface area contributed by atoms with Gasteiger partial charge in [0.15, 0.2) is 0 Å². The first kappa shape index (κ1) is 21.7. The first-order chi connectivity index (χ1) is 15.9. The van der Waals surface area contributed by atoms with Crippen molar-refractivity contribution in [2.45, 2.75) is 47.1 Å². The Morgan fingerprint density at radius 1 is 1.09 bits per heavy atom. The van der Waals surface area contributed by atoms with Crippen LogP contribution in [0.1, 0.15) is 36.8 Å².